The molecule has 104 valence electrons. The molecule has 0 heterocycles. The van der Waals surface area contributed by atoms with Crippen LogP contribution in [0, 0.1) is 0 Å². The minimum atomic E-state index is -4.46. The maximum absolute atomic E-state index is 11.9. The molecule has 0 saturated carbocycles. The van der Waals surface area contributed by atoms with Gasteiger partial charge in [0.25, 0.3) is 0 Å². The van der Waals surface area contributed by atoms with Crippen LogP contribution in [-0.2, 0) is 4.79 Å². The van der Waals surface area contributed by atoms with E-state index in [0.29, 0.717) is 5.69 Å². The third-order valence-electron chi connectivity index (χ3n) is 1.89. The number of benzene rings is 1. The molecule has 0 fully saturated rings. The molecule has 0 bridgehead atoms. The van der Waals surface area contributed by atoms with Crippen LogP contribution in [0.1, 0.15) is 6.92 Å². The molecule has 3 amide bonds. The fraction of sp³-hybridized carbons (Fsp3) is 0.273. The van der Waals surface area contributed by atoms with E-state index < -0.39 is 18.8 Å². The number of rotatable bonds is 3. The van der Waals surface area contributed by atoms with Crippen LogP contribution < -0.4 is 16.0 Å². The minimum Gasteiger partial charge on any atom is -0.329 e. The zero-order chi connectivity index (χ0) is 14.5. The molecular weight excluding hydrogens is 263 g/mol. The summed E-state index contributed by atoms with van der Waals surface area (Å²) in [7, 11) is 0. The van der Waals surface area contributed by atoms with Crippen LogP contribution in [0.25, 0.3) is 0 Å². The van der Waals surface area contributed by atoms with Crippen molar-refractivity contribution in [2.45, 2.75) is 13.1 Å². The molecule has 0 aliphatic heterocycles. The standard InChI is InChI=1S/C11H12F3N3O2/c1-7(18)16-8-3-2-4-9(5-8)17-10(19)15-6-11(12,13)14/h2-5H,6H2,1H3,(H,16,18)(H2,15,17,19). The Kier molecular flexibility index (Phi) is 4.74. The Balaban J connectivity index is 2.57. The smallest absolute Gasteiger partial charge is 0.329 e. The van der Waals surface area contributed by atoms with Crippen LogP contribution in [-0.4, -0.2) is 24.7 Å². The SMILES string of the molecule is CC(=O)Nc1cccc(NC(=O)NCC(F)(F)F)c1. The number of carbonyl (C=O) groups is 2. The second-order valence-electron chi connectivity index (χ2n) is 3.68. The Morgan fingerprint density at radius 3 is 2.26 bits per heavy atom. The third-order valence-corrected chi connectivity index (χ3v) is 1.89. The van der Waals surface area contributed by atoms with Gasteiger partial charge in [0.2, 0.25) is 5.91 Å². The Labute approximate surface area is 107 Å². The van der Waals surface area contributed by atoms with Crippen molar-refractivity contribution in [2.75, 3.05) is 17.2 Å². The summed E-state index contributed by atoms with van der Waals surface area (Å²) in [5.74, 6) is -0.293. The molecule has 5 nitrogen and oxygen atoms in total. The van der Waals surface area contributed by atoms with Crippen molar-refractivity contribution in [3.05, 3.63) is 24.3 Å². The molecule has 0 unspecified atom stereocenters. The molecule has 1 aromatic carbocycles. The molecule has 0 aromatic heterocycles. The van der Waals surface area contributed by atoms with Gasteiger partial charge in [0.15, 0.2) is 0 Å². The highest BCUT2D eigenvalue weighted by Gasteiger charge is 2.27. The lowest BCUT2D eigenvalue weighted by Crippen LogP contribution is -2.36. The van der Waals surface area contributed by atoms with Gasteiger partial charge in [-0.3, -0.25) is 4.79 Å². The molecule has 8 heteroatoms. The van der Waals surface area contributed by atoms with Gasteiger partial charge in [-0.15, -0.1) is 0 Å². The van der Waals surface area contributed by atoms with Crippen molar-refractivity contribution >= 4 is 23.3 Å². The number of anilines is 2. The van der Waals surface area contributed by atoms with Gasteiger partial charge in [-0.2, -0.15) is 13.2 Å². The molecule has 0 radical (unpaired) electrons. The Hall–Kier alpha value is -2.25. The van der Waals surface area contributed by atoms with E-state index in [-0.39, 0.29) is 11.6 Å². The zero-order valence-electron chi connectivity index (χ0n) is 9.97. The lowest BCUT2D eigenvalue weighted by Gasteiger charge is -2.10. The Morgan fingerprint density at radius 2 is 1.74 bits per heavy atom. The monoisotopic (exact) mass is 275 g/mol. The number of hydrogen-bond donors (Lipinski definition) is 3. The number of nitrogens with one attached hydrogen (secondary N) is 3. The molecule has 0 spiro atoms. The summed E-state index contributed by atoms with van der Waals surface area (Å²) in [4.78, 5) is 22.0. The van der Waals surface area contributed by atoms with E-state index in [1.54, 1.807) is 17.4 Å². The molecule has 1 aromatic rings. The van der Waals surface area contributed by atoms with Gasteiger partial charge < -0.3 is 16.0 Å². The predicted octanol–water partition coefficient (Wildman–Crippen LogP) is 2.33. The van der Waals surface area contributed by atoms with Crippen molar-refractivity contribution in [1.82, 2.24) is 5.32 Å². The number of amides is 3. The molecule has 0 aliphatic rings. The Bertz CT molecular complexity index is 474. The molecule has 0 saturated heterocycles. The quantitative estimate of drug-likeness (QED) is 0.792. The number of hydrogen-bond acceptors (Lipinski definition) is 2. The predicted molar refractivity (Wildman–Crippen MR) is 63.8 cm³/mol. The number of alkyl halides is 3. The van der Waals surface area contributed by atoms with Gasteiger partial charge in [-0.05, 0) is 18.2 Å². The van der Waals surface area contributed by atoms with Crippen molar-refractivity contribution in [2.24, 2.45) is 0 Å². The van der Waals surface area contributed by atoms with Crippen molar-refractivity contribution < 1.29 is 22.8 Å². The summed E-state index contributed by atoms with van der Waals surface area (Å²) in [6, 6.07) is 5.06. The van der Waals surface area contributed by atoms with Crippen LogP contribution in [0.4, 0.5) is 29.3 Å². The molecule has 3 N–H and O–H groups in total. The molecule has 19 heavy (non-hydrogen) atoms. The maximum atomic E-state index is 11.9. The lowest BCUT2D eigenvalue weighted by atomic mass is 10.3. The lowest BCUT2D eigenvalue weighted by molar-refractivity contribution is -0.122. The minimum absolute atomic E-state index is 0.269. The third kappa shape index (κ3) is 6.29. The summed E-state index contributed by atoms with van der Waals surface area (Å²) in [6.45, 7) is -0.0969. The largest absolute Gasteiger partial charge is 0.405 e. The first kappa shape index (κ1) is 14.8. The van der Waals surface area contributed by atoms with Crippen LogP contribution >= 0.6 is 0 Å². The normalized spacial score (nSPS) is 10.7. The van der Waals surface area contributed by atoms with Crippen LogP contribution in [0.5, 0.6) is 0 Å². The van der Waals surface area contributed by atoms with E-state index in [1.165, 1.54) is 19.1 Å². The zero-order valence-corrected chi connectivity index (χ0v) is 9.97. The first-order chi connectivity index (χ1) is 8.76. The highest BCUT2D eigenvalue weighted by atomic mass is 19.4. The van der Waals surface area contributed by atoms with E-state index in [0.717, 1.165) is 0 Å². The first-order valence-electron chi connectivity index (χ1n) is 5.25. The fourth-order valence-electron chi connectivity index (χ4n) is 1.23. The van der Waals surface area contributed by atoms with Gasteiger partial charge >= 0.3 is 12.2 Å². The van der Waals surface area contributed by atoms with E-state index in [2.05, 4.69) is 10.6 Å². The molecule has 0 aliphatic carbocycles. The second kappa shape index (κ2) is 6.07. The van der Waals surface area contributed by atoms with Crippen molar-refractivity contribution in [1.29, 1.82) is 0 Å². The van der Waals surface area contributed by atoms with Gasteiger partial charge in [0, 0.05) is 18.3 Å². The van der Waals surface area contributed by atoms with Gasteiger partial charge in [-0.25, -0.2) is 4.79 Å². The van der Waals surface area contributed by atoms with Gasteiger partial charge in [0.05, 0.1) is 0 Å². The van der Waals surface area contributed by atoms with E-state index in [9.17, 15) is 22.8 Å². The number of urea groups is 1. The first-order valence-corrected chi connectivity index (χ1v) is 5.25. The Morgan fingerprint density at radius 1 is 1.16 bits per heavy atom. The summed E-state index contributed by atoms with van der Waals surface area (Å²) < 4.78 is 35.6. The van der Waals surface area contributed by atoms with Gasteiger partial charge in [-0.1, -0.05) is 6.07 Å². The second-order valence-corrected chi connectivity index (χ2v) is 3.68. The molecular formula is C11H12F3N3O2. The highest BCUT2D eigenvalue weighted by molar-refractivity contribution is 5.92. The average molecular weight is 275 g/mol. The number of carbonyl (C=O) groups excluding carboxylic acids is 2. The molecule has 1 rings (SSSR count). The molecule has 0 atom stereocenters. The highest BCUT2D eigenvalue weighted by Crippen LogP contribution is 2.15. The van der Waals surface area contributed by atoms with Crippen LogP contribution in [0.15, 0.2) is 24.3 Å². The van der Waals surface area contributed by atoms with E-state index in [4.69, 9.17) is 0 Å². The van der Waals surface area contributed by atoms with Crippen molar-refractivity contribution in [3.8, 4) is 0 Å². The maximum Gasteiger partial charge on any atom is 0.405 e. The van der Waals surface area contributed by atoms with E-state index >= 15 is 0 Å². The summed E-state index contributed by atoms with van der Waals surface area (Å²) >= 11 is 0. The van der Waals surface area contributed by atoms with Crippen LogP contribution in [0.3, 0.4) is 0 Å². The fourth-order valence-corrected chi connectivity index (χ4v) is 1.23. The van der Waals surface area contributed by atoms with E-state index in [1.807, 2.05) is 0 Å². The van der Waals surface area contributed by atoms with Crippen molar-refractivity contribution in [3.63, 3.8) is 0 Å². The van der Waals surface area contributed by atoms with Crippen LogP contribution in [0.2, 0.25) is 0 Å². The average Bonchev–Trinajstić information content (AvgIpc) is 2.25. The topological polar surface area (TPSA) is 70.2 Å². The summed E-state index contributed by atoms with van der Waals surface area (Å²) in [5, 5.41) is 6.38. The summed E-state index contributed by atoms with van der Waals surface area (Å²) in [6.07, 6.45) is -4.46. The summed E-state index contributed by atoms with van der Waals surface area (Å²) in [5.41, 5.74) is 0.701. The van der Waals surface area contributed by atoms with Gasteiger partial charge in [0.1, 0.15) is 6.54 Å². The number of halogens is 3.